The summed E-state index contributed by atoms with van der Waals surface area (Å²) in [7, 11) is 1.68. The van der Waals surface area contributed by atoms with Crippen LogP contribution in [0.3, 0.4) is 0 Å². The molecule has 0 atom stereocenters. The van der Waals surface area contributed by atoms with E-state index in [2.05, 4.69) is 9.88 Å². The number of halogens is 3. The molecule has 0 aromatic carbocycles. The molecule has 1 aromatic rings. The minimum absolute atomic E-state index is 0.0393. The van der Waals surface area contributed by atoms with E-state index in [1.54, 1.807) is 7.05 Å². The number of carbonyl (C=O) groups is 1. The number of aromatic nitrogens is 1. The largest absolute Gasteiger partial charge is 0.477 e. The van der Waals surface area contributed by atoms with Crippen LogP contribution < -0.4 is 9.64 Å². The maximum atomic E-state index is 13.5. The standard InChI is InChI=1S/C21H33F3N4O4/c1-20(2,3)32-19(30)26(4)6-7-27-8-10-28(11-9-27)16-14-17(21(22,23)24)18(25-15-16)31-13-5-12-29/h14-15,29H,5-13H2,1-4H3. The Morgan fingerprint density at radius 3 is 2.44 bits per heavy atom. The highest BCUT2D eigenvalue weighted by atomic mass is 19.4. The third kappa shape index (κ3) is 8.01. The molecule has 1 amide bonds. The topological polar surface area (TPSA) is 78.4 Å². The number of pyridine rings is 1. The Balaban J connectivity index is 1.91. The summed E-state index contributed by atoms with van der Waals surface area (Å²) in [6.07, 6.45) is -3.37. The number of rotatable bonds is 8. The fourth-order valence-corrected chi connectivity index (χ4v) is 3.12. The first-order chi connectivity index (χ1) is 14.9. The highest BCUT2D eigenvalue weighted by molar-refractivity contribution is 5.67. The molecule has 0 spiro atoms. The van der Waals surface area contributed by atoms with Crippen molar-refractivity contribution in [3.05, 3.63) is 17.8 Å². The first-order valence-corrected chi connectivity index (χ1v) is 10.6. The van der Waals surface area contributed by atoms with Crippen molar-refractivity contribution in [3.8, 4) is 5.88 Å². The molecule has 0 bridgehead atoms. The van der Waals surface area contributed by atoms with Gasteiger partial charge in [-0.3, -0.25) is 4.90 Å². The lowest BCUT2D eigenvalue weighted by Crippen LogP contribution is -2.49. The van der Waals surface area contributed by atoms with Crippen LogP contribution in [0.4, 0.5) is 23.7 Å². The first-order valence-electron chi connectivity index (χ1n) is 10.6. The smallest absolute Gasteiger partial charge is 0.421 e. The van der Waals surface area contributed by atoms with Gasteiger partial charge in [-0.25, -0.2) is 9.78 Å². The average Bonchev–Trinajstić information content (AvgIpc) is 2.71. The van der Waals surface area contributed by atoms with Gasteiger partial charge in [0.05, 0.1) is 18.5 Å². The highest BCUT2D eigenvalue weighted by Crippen LogP contribution is 2.37. The van der Waals surface area contributed by atoms with Crippen molar-refractivity contribution in [1.29, 1.82) is 0 Å². The zero-order valence-electron chi connectivity index (χ0n) is 19.1. The van der Waals surface area contributed by atoms with Crippen LogP contribution in [-0.4, -0.2) is 91.1 Å². The predicted molar refractivity (Wildman–Crippen MR) is 114 cm³/mol. The van der Waals surface area contributed by atoms with E-state index in [1.165, 1.54) is 11.1 Å². The molecule has 32 heavy (non-hydrogen) atoms. The number of aliphatic hydroxyl groups excluding tert-OH is 1. The molecule has 1 N–H and O–H groups in total. The second-order valence-electron chi connectivity index (χ2n) is 8.70. The Labute approximate surface area is 186 Å². The van der Waals surface area contributed by atoms with Gasteiger partial charge in [-0.15, -0.1) is 0 Å². The van der Waals surface area contributed by atoms with E-state index in [0.29, 0.717) is 45.0 Å². The second kappa shape index (κ2) is 11.0. The van der Waals surface area contributed by atoms with Gasteiger partial charge in [-0.05, 0) is 26.8 Å². The summed E-state index contributed by atoms with van der Waals surface area (Å²) in [5.41, 5.74) is -1.09. The predicted octanol–water partition coefficient (Wildman–Crippen LogP) is 2.85. The van der Waals surface area contributed by atoms with Crippen LogP contribution >= 0.6 is 0 Å². The number of carbonyl (C=O) groups excluding carboxylic acids is 1. The Bertz CT molecular complexity index is 748. The molecule has 0 aliphatic carbocycles. The van der Waals surface area contributed by atoms with Crippen LogP contribution in [0, 0.1) is 0 Å². The molecule has 1 aliphatic rings. The van der Waals surface area contributed by atoms with Gasteiger partial charge in [-0.1, -0.05) is 0 Å². The van der Waals surface area contributed by atoms with Crippen molar-refractivity contribution in [1.82, 2.24) is 14.8 Å². The molecule has 2 heterocycles. The van der Waals surface area contributed by atoms with E-state index in [4.69, 9.17) is 14.6 Å². The van der Waals surface area contributed by atoms with E-state index in [1.807, 2.05) is 25.7 Å². The first kappa shape index (κ1) is 26.0. The van der Waals surface area contributed by atoms with Crippen molar-refractivity contribution in [2.45, 2.75) is 39.0 Å². The number of ether oxygens (including phenoxy) is 2. The van der Waals surface area contributed by atoms with Crippen LogP contribution in [-0.2, 0) is 10.9 Å². The molecule has 8 nitrogen and oxygen atoms in total. The summed E-state index contributed by atoms with van der Waals surface area (Å²) in [6.45, 7) is 8.75. The molecular weight excluding hydrogens is 429 g/mol. The monoisotopic (exact) mass is 462 g/mol. The number of anilines is 1. The Hall–Kier alpha value is -2.27. The molecule has 11 heteroatoms. The number of aliphatic hydroxyl groups is 1. The summed E-state index contributed by atoms with van der Waals surface area (Å²) in [5.74, 6) is -0.474. The summed E-state index contributed by atoms with van der Waals surface area (Å²) in [4.78, 5) is 21.5. The second-order valence-corrected chi connectivity index (χ2v) is 8.70. The molecule has 0 radical (unpaired) electrons. The SMILES string of the molecule is CN(CCN1CCN(c2cnc(OCCCO)c(C(F)(F)F)c2)CC1)C(=O)OC(C)(C)C. The van der Waals surface area contributed by atoms with E-state index in [-0.39, 0.29) is 25.7 Å². The molecule has 1 fully saturated rings. The molecular formula is C21H33F3N4O4. The van der Waals surface area contributed by atoms with Crippen LogP contribution in [0.25, 0.3) is 0 Å². The molecule has 2 rings (SSSR count). The minimum Gasteiger partial charge on any atom is -0.477 e. The minimum atomic E-state index is -4.59. The van der Waals surface area contributed by atoms with Crippen LogP contribution in [0.15, 0.2) is 12.3 Å². The lowest BCUT2D eigenvalue weighted by Gasteiger charge is -2.36. The van der Waals surface area contributed by atoms with Crippen molar-refractivity contribution in [2.75, 3.05) is 64.4 Å². The Morgan fingerprint density at radius 2 is 1.88 bits per heavy atom. The molecule has 0 unspecified atom stereocenters. The number of amides is 1. The van der Waals surface area contributed by atoms with Crippen LogP contribution in [0.5, 0.6) is 5.88 Å². The van der Waals surface area contributed by atoms with E-state index in [0.717, 1.165) is 6.07 Å². The summed E-state index contributed by atoms with van der Waals surface area (Å²) >= 11 is 0. The zero-order chi connectivity index (χ0) is 23.9. The van der Waals surface area contributed by atoms with Crippen molar-refractivity contribution < 1.29 is 32.5 Å². The van der Waals surface area contributed by atoms with Gasteiger partial charge in [0.2, 0.25) is 5.88 Å². The van der Waals surface area contributed by atoms with Gasteiger partial charge >= 0.3 is 12.3 Å². The number of likely N-dealkylation sites (N-methyl/N-ethyl adjacent to an activating group) is 1. The number of hydrogen-bond donors (Lipinski definition) is 1. The van der Waals surface area contributed by atoms with Gasteiger partial charge in [0.25, 0.3) is 0 Å². The molecule has 0 saturated carbocycles. The highest BCUT2D eigenvalue weighted by Gasteiger charge is 2.36. The number of alkyl halides is 3. The lowest BCUT2D eigenvalue weighted by molar-refractivity contribution is -0.139. The zero-order valence-corrected chi connectivity index (χ0v) is 19.1. The average molecular weight is 463 g/mol. The third-order valence-electron chi connectivity index (χ3n) is 4.88. The van der Waals surface area contributed by atoms with Crippen LogP contribution in [0.2, 0.25) is 0 Å². The molecule has 1 aliphatic heterocycles. The van der Waals surface area contributed by atoms with Gasteiger partial charge < -0.3 is 24.4 Å². The lowest BCUT2D eigenvalue weighted by atomic mass is 10.2. The maximum Gasteiger partial charge on any atom is 0.421 e. The van der Waals surface area contributed by atoms with Crippen molar-refractivity contribution in [3.63, 3.8) is 0 Å². The maximum absolute atomic E-state index is 13.5. The van der Waals surface area contributed by atoms with E-state index >= 15 is 0 Å². The van der Waals surface area contributed by atoms with Crippen molar-refractivity contribution >= 4 is 11.8 Å². The number of piperazine rings is 1. The van der Waals surface area contributed by atoms with E-state index in [9.17, 15) is 18.0 Å². The Morgan fingerprint density at radius 1 is 1.22 bits per heavy atom. The van der Waals surface area contributed by atoms with Gasteiger partial charge in [0.15, 0.2) is 0 Å². The quantitative estimate of drug-likeness (QED) is 0.596. The summed E-state index contributed by atoms with van der Waals surface area (Å²) < 4.78 is 50.9. The van der Waals surface area contributed by atoms with E-state index < -0.39 is 23.2 Å². The molecule has 1 saturated heterocycles. The van der Waals surface area contributed by atoms with Gasteiger partial charge in [-0.2, -0.15) is 13.2 Å². The molecule has 1 aromatic heterocycles. The fraction of sp³-hybridized carbons (Fsp3) is 0.714. The fourth-order valence-electron chi connectivity index (χ4n) is 3.12. The number of nitrogens with zero attached hydrogens (tertiary/aromatic N) is 4. The normalized spacial score (nSPS) is 15.6. The number of hydrogen-bond acceptors (Lipinski definition) is 7. The Kier molecular flexibility index (Phi) is 8.97. The van der Waals surface area contributed by atoms with Gasteiger partial charge in [0.1, 0.15) is 11.2 Å². The third-order valence-corrected chi connectivity index (χ3v) is 4.88. The van der Waals surface area contributed by atoms with Crippen LogP contribution in [0.1, 0.15) is 32.8 Å². The molecule has 182 valence electrons. The summed E-state index contributed by atoms with van der Waals surface area (Å²) in [5, 5.41) is 8.79. The summed E-state index contributed by atoms with van der Waals surface area (Å²) in [6, 6.07) is 1.06. The van der Waals surface area contributed by atoms with Gasteiger partial charge in [0, 0.05) is 59.3 Å². The van der Waals surface area contributed by atoms with Crippen molar-refractivity contribution in [2.24, 2.45) is 0 Å².